The first-order valence-corrected chi connectivity index (χ1v) is 15.2. The largest absolute Gasteiger partial charge is 0.416 e. The molecule has 5 aromatic rings. The van der Waals surface area contributed by atoms with E-state index in [1.165, 1.54) is 0 Å². The van der Waals surface area contributed by atoms with Gasteiger partial charge in [-0.1, -0.05) is 0 Å². The fraction of sp³-hybridized carbons (Fsp3) is 0.111. The predicted octanol–water partition coefficient (Wildman–Crippen LogP) is 10.4. The summed E-state index contributed by atoms with van der Waals surface area (Å²) in [4.78, 5) is 4.40. The molecule has 0 unspecified atom stereocenters. The van der Waals surface area contributed by atoms with E-state index in [4.69, 9.17) is 0 Å². The lowest BCUT2D eigenvalue weighted by atomic mass is 9.87. The summed E-state index contributed by atoms with van der Waals surface area (Å²) in [5.74, 6) is -20.8. The van der Waals surface area contributed by atoms with Crippen molar-refractivity contribution in [2.24, 2.45) is 0 Å². The summed E-state index contributed by atoms with van der Waals surface area (Å²) < 4.78 is 287. The van der Waals surface area contributed by atoms with Crippen molar-refractivity contribution in [1.29, 1.82) is 10.5 Å². The minimum atomic E-state index is -5.76. The molecule has 4 nitrogen and oxygen atoms in total. The molecule has 0 fully saturated rings. The zero-order valence-electron chi connectivity index (χ0n) is 28.0. The Hall–Kier alpha value is -6.72. The van der Waals surface area contributed by atoms with Crippen molar-refractivity contribution < 1.29 is 87.8 Å². The molecular weight excluding hydrogens is 868 g/mol. The number of rotatable bonds is 4. The van der Waals surface area contributed by atoms with Crippen LogP contribution in [0.5, 0.6) is 0 Å². The van der Waals surface area contributed by atoms with E-state index in [1.54, 1.807) is 0 Å². The molecule has 2 heterocycles. The minimum Gasteiger partial charge on any atom is -0.201 e. The third-order valence-electron chi connectivity index (χ3n) is 8.21. The molecule has 60 heavy (non-hydrogen) atoms. The predicted molar refractivity (Wildman–Crippen MR) is 161 cm³/mol. The van der Waals surface area contributed by atoms with Crippen molar-refractivity contribution in [2.75, 3.05) is 0 Å². The molecule has 24 heteroatoms. The van der Waals surface area contributed by atoms with Gasteiger partial charge in [-0.05, 0) is 70.8 Å². The lowest BCUT2D eigenvalue weighted by Gasteiger charge is -2.18. The van der Waals surface area contributed by atoms with Crippen LogP contribution in [0, 0.1) is 69.7 Å². The number of nitrogens with zero attached hydrogens (tertiary/aromatic N) is 4. The molecular formula is C36H8F20N4. The van der Waals surface area contributed by atoms with Gasteiger partial charge in [-0.25, -0.2) is 17.6 Å². The molecule has 3 aromatic carbocycles. The molecule has 2 aromatic heterocycles. The van der Waals surface area contributed by atoms with Crippen LogP contribution in [0.3, 0.4) is 0 Å². The van der Waals surface area contributed by atoms with Crippen molar-refractivity contribution in [3.05, 3.63) is 139 Å². The van der Waals surface area contributed by atoms with Gasteiger partial charge in [-0.15, -0.1) is 0 Å². The van der Waals surface area contributed by atoms with E-state index in [0.717, 1.165) is 12.1 Å². The fourth-order valence-electron chi connectivity index (χ4n) is 5.63. The number of aromatic nitrogens is 2. The van der Waals surface area contributed by atoms with Crippen LogP contribution in [-0.2, 0) is 24.7 Å². The second-order valence-electron chi connectivity index (χ2n) is 11.9. The molecule has 0 amide bonds. The molecule has 0 aliphatic carbocycles. The molecule has 0 spiro atoms. The molecule has 0 saturated heterocycles. The Morgan fingerprint density at radius 2 is 0.617 bits per heavy atom. The Balaban J connectivity index is 2.28. The zero-order chi connectivity index (χ0) is 45.2. The Kier molecular flexibility index (Phi) is 11.2. The van der Waals surface area contributed by atoms with Crippen molar-refractivity contribution >= 4 is 11.1 Å². The van der Waals surface area contributed by atoms with Gasteiger partial charge in [0.05, 0.1) is 44.5 Å². The monoisotopic (exact) mass is 876 g/mol. The van der Waals surface area contributed by atoms with Crippen molar-refractivity contribution in [3.63, 3.8) is 0 Å². The van der Waals surface area contributed by atoms with Crippen LogP contribution >= 0.6 is 0 Å². The maximum absolute atomic E-state index is 15.2. The van der Waals surface area contributed by atoms with E-state index >= 15 is 17.6 Å². The van der Waals surface area contributed by atoms with E-state index in [0.29, 0.717) is 0 Å². The number of benzene rings is 3. The van der Waals surface area contributed by atoms with Gasteiger partial charge in [0, 0.05) is 10.4 Å². The third kappa shape index (κ3) is 8.26. The van der Waals surface area contributed by atoms with E-state index in [1.807, 2.05) is 0 Å². The number of hydrogen-bond acceptors (Lipinski definition) is 4. The Morgan fingerprint density at radius 3 is 0.817 bits per heavy atom. The number of halogens is 20. The van der Waals surface area contributed by atoms with Gasteiger partial charge < -0.3 is 0 Å². The summed E-state index contributed by atoms with van der Waals surface area (Å²) in [5, 5.41) is 17.0. The first kappa shape index (κ1) is 44.4. The van der Waals surface area contributed by atoms with Crippen LogP contribution in [-0.4, -0.2) is 9.97 Å². The SMILES string of the molecule is N#C/C(c1c(F)c(F)nc(F)c1F)=c1/cc(-c2cc(C(F)(F)F)cc(C(F)(F)F)c2)/c(=C(\C#N)c2c(F)c(F)nc(F)c2F)cc1-c1cc(C(F)(F)F)cc(C(F)(F)F)c1. The van der Waals surface area contributed by atoms with Crippen molar-refractivity contribution in [2.45, 2.75) is 24.7 Å². The first-order chi connectivity index (χ1) is 27.5. The maximum Gasteiger partial charge on any atom is 0.416 e. The Labute approximate surface area is 318 Å². The van der Waals surface area contributed by atoms with E-state index in [2.05, 4.69) is 9.97 Å². The van der Waals surface area contributed by atoms with Crippen molar-refractivity contribution in [1.82, 2.24) is 9.97 Å². The second-order valence-corrected chi connectivity index (χ2v) is 11.9. The smallest absolute Gasteiger partial charge is 0.201 e. The highest BCUT2D eigenvalue weighted by Crippen LogP contribution is 2.41. The lowest BCUT2D eigenvalue weighted by Crippen LogP contribution is -2.23. The zero-order valence-corrected chi connectivity index (χ0v) is 28.0. The number of hydrogen-bond donors (Lipinski definition) is 0. The first-order valence-electron chi connectivity index (χ1n) is 15.2. The Morgan fingerprint density at radius 1 is 0.383 bits per heavy atom. The maximum atomic E-state index is 15.2. The molecule has 0 saturated carbocycles. The van der Waals surface area contributed by atoms with E-state index in [9.17, 15) is 80.8 Å². The van der Waals surface area contributed by atoms with Gasteiger partial charge in [-0.3, -0.25) is 0 Å². The summed E-state index contributed by atoms with van der Waals surface area (Å²) in [6.07, 6.45) is -23.0. The summed E-state index contributed by atoms with van der Waals surface area (Å²) in [7, 11) is 0. The van der Waals surface area contributed by atoms with Crippen LogP contribution < -0.4 is 10.4 Å². The summed E-state index contributed by atoms with van der Waals surface area (Å²) in [6, 6.07) is -0.271. The highest BCUT2D eigenvalue weighted by atomic mass is 19.4. The molecule has 0 N–H and O–H groups in total. The van der Waals surface area contributed by atoms with Crippen LogP contribution in [0.4, 0.5) is 87.8 Å². The fourth-order valence-corrected chi connectivity index (χ4v) is 5.63. The van der Waals surface area contributed by atoms with Gasteiger partial charge in [0.1, 0.15) is 12.1 Å². The minimum absolute atomic E-state index is 0.0808. The third-order valence-corrected chi connectivity index (χ3v) is 8.21. The quantitative estimate of drug-likeness (QED) is 0.133. The molecule has 312 valence electrons. The van der Waals surface area contributed by atoms with E-state index < -0.39 is 161 Å². The highest BCUT2D eigenvalue weighted by molar-refractivity contribution is 5.88. The normalized spacial score (nSPS) is 13.5. The van der Waals surface area contributed by atoms with Crippen LogP contribution in [0.15, 0.2) is 48.5 Å². The lowest BCUT2D eigenvalue weighted by molar-refractivity contribution is -0.144. The van der Waals surface area contributed by atoms with Gasteiger partial charge in [0.15, 0.2) is 23.3 Å². The van der Waals surface area contributed by atoms with Gasteiger partial charge in [-0.2, -0.15) is 90.7 Å². The number of alkyl halides is 12. The molecule has 0 bridgehead atoms. The molecule has 0 aliphatic rings. The van der Waals surface area contributed by atoms with Gasteiger partial charge in [0.25, 0.3) is 23.8 Å². The standard InChI is InChI=1S/C36H8F20N4/c37-25-23(26(38)30(42)59-29(25)41)21(9-57)19-8-18(12-3-15(35(51,52)53)6-16(4-12)36(54,55)56)20(22(10-58)24-27(39)31(43)60-32(44)28(24)40)7-17(19)11-1-13(33(45,46)47)5-14(2-11)34(48,49)50/h1-8H/b21-19+,22-20+. The van der Waals surface area contributed by atoms with Crippen LogP contribution in [0.2, 0.25) is 0 Å². The topological polar surface area (TPSA) is 73.4 Å². The van der Waals surface area contributed by atoms with E-state index in [-0.39, 0.29) is 36.4 Å². The summed E-state index contributed by atoms with van der Waals surface area (Å²) in [6.45, 7) is 0. The van der Waals surface area contributed by atoms with Gasteiger partial charge in [0.2, 0.25) is 0 Å². The average Bonchev–Trinajstić information content (AvgIpc) is 3.14. The summed E-state index contributed by atoms with van der Waals surface area (Å²) in [5.41, 5.74) is -23.3. The molecule has 0 atom stereocenters. The molecule has 0 aliphatic heterocycles. The Bertz CT molecular complexity index is 2510. The van der Waals surface area contributed by atoms with Crippen LogP contribution in [0.25, 0.3) is 33.4 Å². The number of pyridine rings is 2. The van der Waals surface area contributed by atoms with Gasteiger partial charge >= 0.3 is 24.7 Å². The molecule has 5 rings (SSSR count). The average molecular weight is 876 g/mol. The summed E-state index contributed by atoms with van der Waals surface area (Å²) >= 11 is 0. The highest BCUT2D eigenvalue weighted by Gasteiger charge is 2.39. The second kappa shape index (κ2) is 15.1. The van der Waals surface area contributed by atoms with Crippen LogP contribution in [0.1, 0.15) is 33.4 Å². The molecule has 0 radical (unpaired) electrons. The number of nitriles is 2. The van der Waals surface area contributed by atoms with Crippen molar-refractivity contribution in [3.8, 4) is 34.4 Å².